The van der Waals surface area contributed by atoms with Crippen LogP contribution in [-0.4, -0.2) is 47.4 Å². The number of ether oxygens (including phenoxy) is 1. The van der Waals surface area contributed by atoms with Crippen LogP contribution in [0, 0.1) is 0 Å². The highest BCUT2D eigenvalue weighted by atomic mass is 16.5. The third-order valence-electron chi connectivity index (χ3n) is 5.98. The summed E-state index contributed by atoms with van der Waals surface area (Å²) in [5.41, 5.74) is 1.61. The second-order valence-electron chi connectivity index (χ2n) is 7.45. The molecule has 2 aliphatic rings. The molecule has 1 N–H and O–H groups in total. The van der Waals surface area contributed by atoms with Crippen LogP contribution < -0.4 is 5.32 Å². The molecule has 2 aromatic rings. The number of nitrogens with zero attached hydrogens (tertiary/aromatic N) is 2. The van der Waals surface area contributed by atoms with Crippen molar-refractivity contribution in [3.05, 3.63) is 59.4 Å². The normalized spacial score (nSPS) is 22.5. The van der Waals surface area contributed by atoms with Crippen molar-refractivity contribution in [2.75, 3.05) is 19.0 Å². The van der Waals surface area contributed by atoms with Crippen LogP contribution in [0.1, 0.15) is 52.6 Å². The number of benzene rings is 1. The molecule has 4 rings (SSSR count). The molecule has 1 saturated heterocycles. The Hall–Kier alpha value is -3.22. The Kier molecular flexibility index (Phi) is 4.82. The number of pyridine rings is 1. The van der Waals surface area contributed by atoms with E-state index in [0.29, 0.717) is 19.4 Å². The van der Waals surface area contributed by atoms with E-state index in [-0.39, 0.29) is 29.1 Å². The van der Waals surface area contributed by atoms with Crippen molar-refractivity contribution in [3.8, 4) is 0 Å². The highest BCUT2D eigenvalue weighted by Crippen LogP contribution is 2.49. The Balaban J connectivity index is 1.68. The summed E-state index contributed by atoms with van der Waals surface area (Å²) in [4.78, 5) is 43.9. The lowest BCUT2D eigenvalue weighted by atomic mass is 9.73. The Bertz CT molecular complexity index is 972. The fraction of sp³-hybridized carbons (Fsp3) is 0.364. The van der Waals surface area contributed by atoms with Crippen LogP contribution in [0.2, 0.25) is 0 Å². The minimum absolute atomic E-state index is 0.0403. The number of esters is 1. The molecule has 0 radical (unpaired) electrons. The Morgan fingerprint density at radius 2 is 2.07 bits per heavy atom. The van der Waals surface area contributed by atoms with Gasteiger partial charge in [-0.2, -0.15) is 0 Å². The van der Waals surface area contributed by atoms with Gasteiger partial charge >= 0.3 is 5.97 Å². The van der Waals surface area contributed by atoms with Gasteiger partial charge in [-0.3, -0.25) is 14.6 Å². The molecule has 1 aromatic carbocycles. The topological polar surface area (TPSA) is 88.6 Å². The summed E-state index contributed by atoms with van der Waals surface area (Å²) in [6.45, 7) is 2.53. The molecular formula is C22H23N3O4. The van der Waals surface area contributed by atoms with Crippen LogP contribution in [0.3, 0.4) is 0 Å². The van der Waals surface area contributed by atoms with Gasteiger partial charge in [-0.1, -0.05) is 31.5 Å². The van der Waals surface area contributed by atoms with Crippen molar-refractivity contribution in [2.24, 2.45) is 0 Å². The van der Waals surface area contributed by atoms with Crippen LogP contribution in [0.5, 0.6) is 0 Å². The van der Waals surface area contributed by atoms with Gasteiger partial charge in [0.05, 0.1) is 24.1 Å². The number of rotatable bonds is 4. The molecule has 1 spiro atoms. The molecular weight excluding hydrogens is 370 g/mol. The first-order chi connectivity index (χ1) is 14.0. The van der Waals surface area contributed by atoms with Crippen LogP contribution in [0.25, 0.3) is 0 Å². The molecule has 2 amide bonds. The molecule has 0 unspecified atom stereocenters. The quantitative estimate of drug-likeness (QED) is 0.807. The molecule has 2 aliphatic heterocycles. The summed E-state index contributed by atoms with van der Waals surface area (Å²) in [5, 5.41) is 3.00. The van der Waals surface area contributed by atoms with Gasteiger partial charge in [0, 0.05) is 18.4 Å². The first-order valence-corrected chi connectivity index (χ1v) is 9.79. The Morgan fingerprint density at radius 3 is 2.76 bits per heavy atom. The number of methoxy groups -OCH3 is 1. The number of fused-ring (bicyclic) bond motifs is 2. The van der Waals surface area contributed by atoms with E-state index in [4.69, 9.17) is 0 Å². The van der Waals surface area contributed by atoms with Gasteiger partial charge in [-0.15, -0.1) is 0 Å². The summed E-state index contributed by atoms with van der Waals surface area (Å²) >= 11 is 0. The SMILES string of the molecule is CCC[C@@H]1N(C(=O)c2ccc(C(=O)OC)cn2)CC[C@@]12C(=O)Nc1ccccc12. The predicted molar refractivity (Wildman–Crippen MR) is 107 cm³/mol. The van der Waals surface area contributed by atoms with E-state index in [1.165, 1.54) is 25.4 Å². The smallest absolute Gasteiger partial charge is 0.339 e. The second-order valence-corrected chi connectivity index (χ2v) is 7.45. The van der Waals surface area contributed by atoms with Crippen molar-refractivity contribution in [2.45, 2.75) is 37.6 Å². The van der Waals surface area contributed by atoms with Crippen molar-refractivity contribution in [3.63, 3.8) is 0 Å². The monoisotopic (exact) mass is 393 g/mol. The molecule has 0 saturated carbocycles. The van der Waals surface area contributed by atoms with Gasteiger partial charge in [0.15, 0.2) is 0 Å². The predicted octanol–water partition coefficient (Wildman–Crippen LogP) is 2.77. The van der Waals surface area contributed by atoms with E-state index in [1.54, 1.807) is 4.90 Å². The summed E-state index contributed by atoms with van der Waals surface area (Å²) in [7, 11) is 1.30. The third-order valence-corrected chi connectivity index (χ3v) is 5.98. The van der Waals surface area contributed by atoms with Gasteiger partial charge in [0.2, 0.25) is 5.91 Å². The average molecular weight is 393 g/mol. The van der Waals surface area contributed by atoms with Gasteiger partial charge < -0.3 is 15.0 Å². The van der Waals surface area contributed by atoms with Crippen molar-refractivity contribution >= 4 is 23.5 Å². The molecule has 0 bridgehead atoms. The van der Waals surface area contributed by atoms with E-state index < -0.39 is 11.4 Å². The lowest BCUT2D eigenvalue weighted by Crippen LogP contribution is -2.48. The first kappa shape index (κ1) is 19.1. The maximum atomic E-state index is 13.3. The van der Waals surface area contributed by atoms with Crippen molar-refractivity contribution < 1.29 is 19.1 Å². The zero-order valence-electron chi connectivity index (χ0n) is 16.5. The van der Waals surface area contributed by atoms with Crippen LogP contribution in [0.15, 0.2) is 42.6 Å². The van der Waals surface area contributed by atoms with Crippen LogP contribution in [0.4, 0.5) is 5.69 Å². The first-order valence-electron chi connectivity index (χ1n) is 9.79. The average Bonchev–Trinajstić information content (AvgIpc) is 3.26. The highest BCUT2D eigenvalue weighted by Gasteiger charge is 2.58. The number of hydrogen-bond donors (Lipinski definition) is 1. The summed E-state index contributed by atoms with van der Waals surface area (Å²) in [6, 6.07) is 10.5. The number of para-hydroxylation sites is 1. The van der Waals surface area contributed by atoms with Gasteiger partial charge in [-0.25, -0.2) is 4.79 Å². The van der Waals surface area contributed by atoms with E-state index in [2.05, 4.69) is 22.0 Å². The van der Waals surface area contributed by atoms with E-state index in [9.17, 15) is 14.4 Å². The minimum Gasteiger partial charge on any atom is -0.465 e. The fourth-order valence-electron chi connectivity index (χ4n) is 4.63. The van der Waals surface area contributed by atoms with E-state index in [0.717, 1.165) is 17.7 Å². The van der Waals surface area contributed by atoms with Crippen LogP contribution >= 0.6 is 0 Å². The molecule has 7 nitrogen and oxygen atoms in total. The largest absolute Gasteiger partial charge is 0.465 e. The number of anilines is 1. The number of hydrogen-bond acceptors (Lipinski definition) is 5. The lowest BCUT2D eigenvalue weighted by Gasteiger charge is -2.33. The minimum atomic E-state index is -0.728. The summed E-state index contributed by atoms with van der Waals surface area (Å²) in [6.07, 6.45) is 3.48. The van der Waals surface area contributed by atoms with E-state index in [1.807, 2.05) is 24.3 Å². The summed E-state index contributed by atoms with van der Waals surface area (Å²) < 4.78 is 4.68. The van der Waals surface area contributed by atoms with Gasteiger partial charge in [-0.05, 0) is 36.6 Å². The molecule has 7 heteroatoms. The maximum Gasteiger partial charge on any atom is 0.339 e. The Morgan fingerprint density at radius 1 is 1.28 bits per heavy atom. The zero-order valence-corrected chi connectivity index (χ0v) is 16.5. The third kappa shape index (κ3) is 2.88. The lowest BCUT2D eigenvalue weighted by molar-refractivity contribution is -0.121. The number of nitrogens with one attached hydrogen (secondary N) is 1. The molecule has 29 heavy (non-hydrogen) atoms. The number of aromatic nitrogens is 1. The molecule has 0 aliphatic carbocycles. The molecule has 2 atom stereocenters. The molecule has 3 heterocycles. The second kappa shape index (κ2) is 7.31. The molecule has 1 aromatic heterocycles. The van der Waals surface area contributed by atoms with E-state index >= 15 is 0 Å². The number of amides is 2. The molecule has 150 valence electrons. The van der Waals surface area contributed by atoms with Crippen LogP contribution in [-0.2, 0) is 14.9 Å². The highest BCUT2D eigenvalue weighted by molar-refractivity contribution is 6.08. The standard InChI is InChI=1S/C22H23N3O4/c1-3-6-18-22(15-7-4-5-8-16(15)24-21(22)28)11-12-25(18)19(26)17-10-9-14(13-23-17)20(27)29-2/h4-5,7-10,13,18H,3,6,11-12H2,1-2H3,(H,24,28)/t18-,22-/m0/s1. The van der Waals surface area contributed by atoms with Crippen molar-refractivity contribution in [1.29, 1.82) is 0 Å². The van der Waals surface area contributed by atoms with Crippen molar-refractivity contribution in [1.82, 2.24) is 9.88 Å². The van der Waals surface area contributed by atoms with Gasteiger partial charge in [0.25, 0.3) is 5.91 Å². The Labute approximate surface area is 169 Å². The number of carbonyl (C=O) groups is 3. The number of likely N-dealkylation sites (tertiary alicyclic amines) is 1. The van der Waals surface area contributed by atoms with Gasteiger partial charge in [0.1, 0.15) is 5.69 Å². The number of carbonyl (C=O) groups excluding carboxylic acids is 3. The zero-order chi connectivity index (χ0) is 20.6. The maximum absolute atomic E-state index is 13.3. The molecule has 1 fully saturated rings. The fourth-order valence-corrected chi connectivity index (χ4v) is 4.63. The summed E-state index contributed by atoms with van der Waals surface area (Å²) in [5.74, 6) is -0.768.